The second-order valence-corrected chi connectivity index (χ2v) is 8.19. The van der Waals surface area contributed by atoms with Crippen LogP contribution in [0.2, 0.25) is 0 Å². The van der Waals surface area contributed by atoms with Gasteiger partial charge in [0.25, 0.3) is 11.5 Å². The summed E-state index contributed by atoms with van der Waals surface area (Å²) in [6, 6.07) is 21.8. The highest BCUT2D eigenvalue weighted by Gasteiger charge is 2.10. The predicted octanol–water partition coefficient (Wildman–Crippen LogP) is 5.00. The summed E-state index contributed by atoms with van der Waals surface area (Å²) in [7, 11) is 0. The Kier molecular flexibility index (Phi) is 5.78. The molecule has 0 saturated heterocycles. The van der Waals surface area contributed by atoms with Gasteiger partial charge in [-0.25, -0.2) is 4.98 Å². The van der Waals surface area contributed by atoms with E-state index in [1.165, 1.54) is 16.2 Å². The monoisotopic (exact) mass is 465 g/mol. The van der Waals surface area contributed by atoms with Crippen molar-refractivity contribution >= 4 is 44.9 Å². The number of hydrogen-bond acceptors (Lipinski definition) is 4. The van der Waals surface area contributed by atoms with Gasteiger partial charge in [-0.05, 0) is 48.5 Å². The molecule has 0 bridgehead atoms. The quantitative estimate of drug-likeness (QED) is 0.421. The minimum atomic E-state index is -0.173. The lowest BCUT2D eigenvalue weighted by molar-refractivity contribution is 0.102. The fraction of sp³-hybridized carbons (Fsp3) is 0.0455. The zero-order valence-corrected chi connectivity index (χ0v) is 17.6. The van der Waals surface area contributed by atoms with Crippen molar-refractivity contribution in [3.05, 3.63) is 105 Å². The normalized spacial score (nSPS) is 10.8. The van der Waals surface area contributed by atoms with E-state index in [0.29, 0.717) is 22.7 Å². The smallest absolute Gasteiger partial charge is 0.258 e. The zero-order chi connectivity index (χ0) is 20.2. The summed E-state index contributed by atoms with van der Waals surface area (Å²) >= 11 is 4.90. The van der Waals surface area contributed by atoms with Crippen molar-refractivity contribution < 1.29 is 4.79 Å². The number of benzene rings is 2. The summed E-state index contributed by atoms with van der Waals surface area (Å²) in [6.45, 7) is 0. The topological polar surface area (TPSA) is 63.5 Å². The van der Waals surface area contributed by atoms with Crippen molar-refractivity contribution in [1.82, 2.24) is 9.38 Å². The van der Waals surface area contributed by atoms with Gasteiger partial charge in [0.2, 0.25) is 0 Å². The number of nitrogens with zero attached hydrogens (tertiary/aromatic N) is 2. The lowest BCUT2D eigenvalue weighted by atomic mass is 10.2. The van der Waals surface area contributed by atoms with Crippen molar-refractivity contribution in [2.45, 2.75) is 10.6 Å². The average Bonchev–Trinajstić information content (AvgIpc) is 2.73. The number of nitrogens with one attached hydrogen (secondary N) is 1. The number of thioether (sulfide) groups is 1. The molecule has 2 heterocycles. The molecule has 5 nitrogen and oxygen atoms in total. The lowest BCUT2D eigenvalue weighted by Crippen LogP contribution is -2.14. The fourth-order valence-corrected chi connectivity index (χ4v) is 3.99. The Labute approximate surface area is 179 Å². The van der Waals surface area contributed by atoms with E-state index < -0.39 is 0 Å². The highest BCUT2D eigenvalue weighted by atomic mass is 79.9. The Morgan fingerprint density at radius 1 is 1.03 bits per heavy atom. The van der Waals surface area contributed by atoms with Crippen LogP contribution in [0.4, 0.5) is 5.69 Å². The number of fused-ring (bicyclic) bond motifs is 1. The van der Waals surface area contributed by atoms with Gasteiger partial charge >= 0.3 is 0 Å². The molecule has 1 amide bonds. The van der Waals surface area contributed by atoms with Crippen molar-refractivity contribution in [3.63, 3.8) is 0 Å². The van der Waals surface area contributed by atoms with E-state index in [1.54, 1.807) is 30.5 Å². The molecule has 0 atom stereocenters. The van der Waals surface area contributed by atoms with E-state index in [4.69, 9.17) is 0 Å². The summed E-state index contributed by atoms with van der Waals surface area (Å²) in [5, 5.41) is 2.96. The third-order valence-corrected chi connectivity index (χ3v) is 5.88. The first kappa shape index (κ1) is 19.4. The van der Waals surface area contributed by atoms with Crippen LogP contribution in [0.15, 0.2) is 93.2 Å². The third kappa shape index (κ3) is 4.58. The molecule has 0 fully saturated rings. The molecule has 144 valence electrons. The van der Waals surface area contributed by atoms with Gasteiger partial charge in [-0.1, -0.05) is 34.1 Å². The molecule has 29 heavy (non-hydrogen) atoms. The van der Waals surface area contributed by atoms with E-state index in [9.17, 15) is 9.59 Å². The molecule has 0 aliphatic heterocycles. The Hall–Kier alpha value is -2.90. The van der Waals surface area contributed by atoms with Crippen LogP contribution in [-0.4, -0.2) is 15.3 Å². The van der Waals surface area contributed by atoms with Crippen LogP contribution in [0.1, 0.15) is 16.1 Å². The zero-order valence-electron chi connectivity index (χ0n) is 15.2. The largest absolute Gasteiger partial charge is 0.321 e. The van der Waals surface area contributed by atoms with Crippen LogP contribution >= 0.6 is 27.7 Å². The summed E-state index contributed by atoms with van der Waals surface area (Å²) in [6.07, 6.45) is 1.70. The number of pyridine rings is 1. The van der Waals surface area contributed by atoms with Gasteiger partial charge in [-0.2, -0.15) is 0 Å². The van der Waals surface area contributed by atoms with Crippen molar-refractivity contribution in [3.8, 4) is 0 Å². The average molecular weight is 466 g/mol. The van der Waals surface area contributed by atoms with Crippen LogP contribution in [-0.2, 0) is 5.75 Å². The third-order valence-electron chi connectivity index (χ3n) is 4.24. The molecular formula is C22H16BrN3O2S. The van der Waals surface area contributed by atoms with Crippen molar-refractivity contribution in [2.75, 3.05) is 5.32 Å². The molecule has 0 radical (unpaired) electrons. The van der Waals surface area contributed by atoms with Crippen molar-refractivity contribution in [1.29, 1.82) is 0 Å². The van der Waals surface area contributed by atoms with Gasteiger partial charge in [0.1, 0.15) is 5.65 Å². The molecule has 4 rings (SSSR count). The van der Waals surface area contributed by atoms with Crippen LogP contribution in [0.5, 0.6) is 0 Å². The molecule has 4 aromatic rings. The molecule has 0 saturated carbocycles. The molecular weight excluding hydrogens is 450 g/mol. The van der Waals surface area contributed by atoms with E-state index in [2.05, 4.69) is 26.2 Å². The molecule has 0 aliphatic carbocycles. The predicted molar refractivity (Wildman–Crippen MR) is 120 cm³/mol. The standard InChI is InChI=1S/C22H16BrN3O2S/c23-16-10-8-15(9-11-16)22(28)25-18-5-1-2-6-19(18)29-14-17-13-21(27)26-12-4-3-7-20(26)24-17/h1-13H,14H2,(H,25,28). The number of carbonyl (C=O) groups is 1. The van der Waals surface area contributed by atoms with Crippen LogP contribution in [0.25, 0.3) is 5.65 Å². The summed E-state index contributed by atoms with van der Waals surface area (Å²) in [5.74, 6) is 0.346. The van der Waals surface area contributed by atoms with Gasteiger partial charge in [-0.3, -0.25) is 14.0 Å². The Morgan fingerprint density at radius 3 is 2.62 bits per heavy atom. The SMILES string of the molecule is O=C(Nc1ccccc1SCc1cc(=O)n2ccccc2n1)c1ccc(Br)cc1. The second-order valence-electron chi connectivity index (χ2n) is 6.26. The van der Waals surface area contributed by atoms with Gasteiger partial charge in [0.05, 0.1) is 11.4 Å². The van der Waals surface area contributed by atoms with Crippen molar-refractivity contribution in [2.24, 2.45) is 0 Å². The van der Waals surface area contributed by atoms with E-state index >= 15 is 0 Å². The highest BCUT2D eigenvalue weighted by Crippen LogP contribution is 2.29. The van der Waals surface area contributed by atoms with Gasteiger partial charge in [0, 0.05) is 32.9 Å². The number of anilines is 1. The Morgan fingerprint density at radius 2 is 1.79 bits per heavy atom. The van der Waals surface area contributed by atoms with E-state index in [1.807, 2.05) is 48.5 Å². The molecule has 7 heteroatoms. The molecule has 0 aliphatic rings. The van der Waals surface area contributed by atoms with Crippen LogP contribution < -0.4 is 10.9 Å². The van der Waals surface area contributed by atoms with E-state index in [-0.39, 0.29) is 11.5 Å². The van der Waals surface area contributed by atoms with Crippen LogP contribution in [0, 0.1) is 0 Å². The van der Waals surface area contributed by atoms with Gasteiger partial charge in [-0.15, -0.1) is 11.8 Å². The number of aromatic nitrogens is 2. The second kappa shape index (κ2) is 8.63. The van der Waals surface area contributed by atoms with Gasteiger partial charge in [0.15, 0.2) is 0 Å². The number of amides is 1. The first-order valence-corrected chi connectivity index (χ1v) is 10.6. The number of halogens is 1. The van der Waals surface area contributed by atoms with E-state index in [0.717, 1.165) is 15.1 Å². The molecule has 1 N–H and O–H groups in total. The minimum Gasteiger partial charge on any atom is -0.321 e. The molecule has 0 unspecified atom stereocenters. The molecule has 2 aromatic heterocycles. The molecule has 2 aromatic carbocycles. The Bertz CT molecular complexity index is 1240. The minimum absolute atomic E-state index is 0.108. The van der Waals surface area contributed by atoms with Gasteiger partial charge < -0.3 is 5.32 Å². The lowest BCUT2D eigenvalue weighted by Gasteiger charge is -2.11. The number of rotatable bonds is 5. The van der Waals surface area contributed by atoms with Crippen LogP contribution in [0.3, 0.4) is 0 Å². The maximum Gasteiger partial charge on any atom is 0.258 e. The maximum absolute atomic E-state index is 12.6. The number of carbonyl (C=O) groups excluding carboxylic acids is 1. The Balaban J connectivity index is 1.52. The summed E-state index contributed by atoms with van der Waals surface area (Å²) in [5.41, 5.74) is 2.51. The number of para-hydroxylation sites is 1. The summed E-state index contributed by atoms with van der Waals surface area (Å²) in [4.78, 5) is 30.3. The first-order chi connectivity index (χ1) is 14.1. The fourth-order valence-electron chi connectivity index (χ4n) is 2.82. The number of hydrogen-bond donors (Lipinski definition) is 1. The maximum atomic E-state index is 12.6. The highest BCUT2D eigenvalue weighted by molar-refractivity contribution is 9.10. The summed E-state index contributed by atoms with van der Waals surface area (Å²) < 4.78 is 2.43. The first-order valence-electron chi connectivity index (χ1n) is 8.86. The molecule has 0 spiro atoms.